The number of anilines is 1. The van der Waals surface area contributed by atoms with E-state index < -0.39 is 10.0 Å². The van der Waals surface area contributed by atoms with Crippen molar-refractivity contribution in [1.82, 2.24) is 9.71 Å². The lowest BCUT2D eigenvalue weighted by Gasteiger charge is -2.06. The van der Waals surface area contributed by atoms with E-state index in [1.807, 2.05) is 0 Å². The van der Waals surface area contributed by atoms with Crippen molar-refractivity contribution in [3.05, 3.63) is 18.3 Å². The number of sulfonamides is 1. The predicted molar refractivity (Wildman–Crippen MR) is 76.1 cm³/mol. The molecule has 0 aliphatic rings. The summed E-state index contributed by atoms with van der Waals surface area (Å²) in [6, 6.07) is 2.94. The molecule has 18 heavy (non-hydrogen) atoms. The first-order chi connectivity index (χ1) is 8.56. The Balaban J connectivity index is 2.38. The molecule has 0 saturated carbocycles. The lowest BCUT2D eigenvalue weighted by molar-refractivity contribution is 0.576. The molecule has 1 aromatic rings. The van der Waals surface area contributed by atoms with Crippen LogP contribution >= 0.6 is 11.8 Å². The van der Waals surface area contributed by atoms with Crippen molar-refractivity contribution in [3.63, 3.8) is 0 Å². The number of pyridine rings is 1. The van der Waals surface area contributed by atoms with Crippen molar-refractivity contribution < 1.29 is 8.42 Å². The van der Waals surface area contributed by atoms with Crippen LogP contribution in [-0.4, -0.2) is 32.0 Å². The zero-order chi connectivity index (χ0) is 13.4. The molecule has 0 radical (unpaired) electrons. The predicted octanol–water partition coefficient (Wildman–Crippen LogP) is 1.48. The van der Waals surface area contributed by atoms with Crippen LogP contribution in [0.4, 0.5) is 5.82 Å². The number of unbranched alkanes of at least 4 members (excludes halogenated alkanes) is 2. The lowest BCUT2D eigenvalue weighted by atomic mass is 10.2. The van der Waals surface area contributed by atoms with Crippen LogP contribution in [0.3, 0.4) is 0 Å². The summed E-state index contributed by atoms with van der Waals surface area (Å²) in [4.78, 5) is 3.92. The molecule has 5 nitrogen and oxygen atoms in total. The molecule has 1 aromatic heterocycles. The summed E-state index contributed by atoms with van der Waals surface area (Å²) in [5.74, 6) is 1.43. The van der Waals surface area contributed by atoms with Gasteiger partial charge in [-0.05, 0) is 37.0 Å². The Morgan fingerprint density at radius 3 is 2.72 bits per heavy atom. The minimum Gasteiger partial charge on any atom is -0.384 e. The molecule has 1 heterocycles. The number of aromatic nitrogens is 1. The molecule has 0 fully saturated rings. The molecule has 0 saturated heterocycles. The fraction of sp³-hybridized carbons (Fsp3) is 0.545. The maximum absolute atomic E-state index is 11.8. The van der Waals surface area contributed by atoms with E-state index in [2.05, 4.69) is 16.0 Å². The van der Waals surface area contributed by atoms with E-state index in [0.717, 1.165) is 25.0 Å². The van der Waals surface area contributed by atoms with Gasteiger partial charge in [-0.15, -0.1) is 0 Å². The smallest absolute Gasteiger partial charge is 0.242 e. The Hall–Kier alpha value is -0.790. The van der Waals surface area contributed by atoms with Crippen molar-refractivity contribution in [2.75, 3.05) is 24.3 Å². The van der Waals surface area contributed by atoms with Crippen molar-refractivity contribution in [3.8, 4) is 0 Å². The van der Waals surface area contributed by atoms with Gasteiger partial charge in [-0.25, -0.2) is 18.1 Å². The van der Waals surface area contributed by atoms with E-state index in [1.165, 1.54) is 18.3 Å². The number of rotatable bonds is 8. The summed E-state index contributed by atoms with van der Waals surface area (Å²) < 4.78 is 26.2. The van der Waals surface area contributed by atoms with Crippen LogP contribution in [0.1, 0.15) is 19.3 Å². The third-order valence-corrected chi connectivity index (χ3v) is 4.53. The first-order valence-corrected chi connectivity index (χ1v) is 8.64. The van der Waals surface area contributed by atoms with E-state index in [4.69, 9.17) is 5.73 Å². The normalized spacial score (nSPS) is 11.6. The Kier molecular flexibility index (Phi) is 6.45. The third kappa shape index (κ3) is 5.24. The van der Waals surface area contributed by atoms with Gasteiger partial charge in [0.1, 0.15) is 10.7 Å². The lowest BCUT2D eigenvalue weighted by Crippen LogP contribution is -2.25. The first-order valence-electron chi connectivity index (χ1n) is 5.76. The van der Waals surface area contributed by atoms with Gasteiger partial charge >= 0.3 is 0 Å². The molecule has 0 atom stereocenters. The van der Waals surface area contributed by atoms with Crippen molar-refractivity contribution in [1.29, 1.82) is 0 Å². The van der Waals surface area contributed by atoms with E-state index in [0.29, 0.717) is 12.4 Å². The highest BCUT2D eigenvalue weighted by Crippen LogP contribution is 2.09. The van der Waals surface area contributed by atoms with Gasteiger partial charge in [-0.2, -0.15) is 11.8 Å². The second kappa shape index (κ2) is 7.60. The third-order valence-electron chi connectivity index (χ3n) is 2.39. The summed E-state index contributed by atoms with van der Waals surface area (Å²) in [5.41, 5.74) is 5.41. The molecule has 0 aliphatic carbocycles. The average Bonchev–Trinajstić information content (AvgIpc) is 2.34. The minimum atomic E-state index is -3.44. The summed E-state index contributed by atoms with van der Waals surface area (Å²) in [6.45, 7) is 0.459. The fourth-order valence-corrected chi connectivity index (χ4v) is 2.90. The van der Waals surface area contributed by atoms with E-state index in [9.17, 15) is 8.42 Å². The van der Waals surface area contributed by atoms with Crippen LogP contribution < -0.4 is 10.5 Å². The molecule has 102 valence electrons. The number of hydrogen-bond donors (Lipinski definition) is 2. The summed E-state index contributed by atoms with van der Waals surface area (Å²) in [6.07, 6.45) is 6.33. The Morgan fingerprint density at radius 2 is 2.11 bits per heavy atom. The van der Waals surface area contributed by atoms with Crippen LogP contribution in [0.25, 0.3) is 0 Å². The molecule has 0 aromatic carbocycles. The van der Waals surface area contributed by atoms with Gasteiger partial charge < -0.3 is 5.73 Å². The molecule has 0 bridgehead atoms. The maximum atomic E-state index is 11.8. The minimum absolute atomic E-state index is 0.154. The molecule has 7 heteroatoms. The van der Waals surface area contributed by atoms with E-state index >= 15 is 0 Å². The maximum Gasteiger partial charge on any atom is 0.242 e. The van der Waals surface area contributed by atoms with Crippen molar-refractivity contribution in [2.24, 2.45) is 0 Å². The van der Waals surface area contributed by atoms with E-state index in [1.54, 1.807) is 11.8 Å². The molecule has 3 N–H and O–H groups in total. The number of nitrogens with two attached hydrogens (primary N) is 1. The zero-order valence-electron chi connectivity index (χ0n) is 10.4. The van der Waals surface area contributed by atoms with Crippen LogP contribution in [0.15, 0.2) is 23.2 Å². The Labute approximate surface area is 113 Å². The summed E-state index contributed by atoms with van der Waals surface area (Å²) in [7, 11) is -3.44. The number of thioether (sulfide) groups is 1. The SMILES string of the molecule is CSCCCCCNS(=O)(=O)c1ccc(N)nc1. The topological polar surface area (TPSA) is 85.1 Å². The average molecular weight is 289 g/mol. The van der Waals surface area contributed by atoms with Gasteiger partial charge in [0.05, 0.1) is 0 Å². The summed E-state index contributed by atoms with van der Waals surface area (Å²) in [5, 5.41) is 0. The molecule has 0 unspecified atom stereocenters. The quantitative estimate of drug-likeness (QED) is 0.708. The van der Waals surface area contributed by atoms with Gasteiger partial charge in [-0.3, -0.25) is 0 Å². The number of hydrogen-bond acceptors (Lipinski definition) is 5. The number of nitrogen functional groups attached to an aromatic ring is 1. The van der Waals surface area contributed by atoms with Gasteiger partial charge in [0.25, 0.3) is 0 Å². The molecule has 0 spiro atoms. The number of nitrogens with one attached hydrogen (secondary N) is 1. The second-order valence-corrected chi connectivity index (χ2v) is 6.62. The Morgan fingerprint density at radius 1 is 1.33 bits per heavy atom. The molecule has 1 rings (SSSR count). The highest BCUT2D eigenvalue weighted by molar-refractivity contribution is 7.98. The van der Waals surface area contributed by atoms with Crippen molar-refractivity contribution >= 4 is 27.6 Å². The van der Waals surface area contributed by atoms with Crippen LogP contribution in [0, 0.1) is 0 Å². The van der Waals surface area contributed by atoms with Crippen molar-refractivity contribution in [2.45, 2.75) is 24.2 Å². The van der Waals surface area contributed by atoms with Gasteiger partial charge in [0, 0.05) is 12.7 Å². The van der Waals surface area contributed by atoms with Crippen LogP contribution in [-0.2, 0) is 10.0 Å². The van der Waals surface area contributed by atoms with Gasteiger partial charge in [0.2, 0.25) is 10.0 Å². The second-order valence-electron chi connectivity index (χ2n) is 3.87. The fourth-order valence-electron chi connectivity index (χ4n) is 1.39. The standard InChI is InChI=1S/C11H19N3O2S2/c1-17-8-4-2-3-7-14-18(15,16)10-5-6-11(12)13-9-10/h5-6,9,14H,2-4,7-8H2,1H3,(H2,12,13). The zero-order valence-corrected chi connectivity index (χ0v) is 12.1. The van der Waals surface area contributed by atoms with Crippen LogP contribution in [0.2, 0.25) is 0 Å². The monoisotopic (exact) mass is 289 g/mol. The van der Waals surface area contributed by atoms with Crippen LogP contribution in [0.5, 0.6) is 0 Å². The first kappa shape index (κ1) is 15.3. The van der Waals surface area contributed by atoms with Gasteiger partial charge in [-0.1, -0.05) is 6.42 Å². The largest absolute Gasteiger partial charge is 0.384 e. The molecule has 0 aliphatic heterocycles. The molecular weight excluding hydrogens is 270 g/mol. The highest BCUT2D eigenvalue weighted by atomic mass is 32.2. The Bertz CT molecular complexity index is 446. The number of nitrogens with zero attached hydrogens (tertiary/aromatic N) is 1. The molecule has 0 amide bonds. The molecular formula is C11H19N3O2S2. The highest BCUT2D eigenvalue weighted by Gasteiger charge is 2.12. The van der Waals surface area contributed by atoms with E-state index in [-0.39, 0.29) is 4.90 Å². The summed E-state index contributed by atoms with van der Waals surface area (Å²) >= 11 is 1.80. The van der Waals surface area contributed by atoms with Gasteiger partial charge in [0.15, 0.2) is 0 Å².